The van der Waals surface area contributed by atoms with Gasteiger partial charge in [-0.2, -0.15) is 0 Å². The first-order valence-electron chi connectivity index (χ1n) is 10.0. The zero-order chi connectivity index (χ0) is 23.7. The molecule has 2 N–H and O–H groups in total. The van der Waals surface area contributed by atoms with Gasteiger partial charge in [-0.05, 0) is 67.9 Å². The Balaban J connectivity index is 1.55. The number of imide groups is 1. The Labute approximate surface area is 204 Å². The molecule has 33 heavy (non-hydrogen) atoms. The number of hydrogen-bond acceptors (Lipinski definition) is 4. The molecule has 3 aromatic carbocycles. The molecule has 6 nitrogen and oxygen atoms in total. The minimum Gasteiger partial charge on any atom is -0.350 e. The van der Waals surface area contributed by atoms with Gasteiger partial charge in [0, 0.05) is 21.4 Å². The number of nitrogens with zero attached hydrogens (tertiary/aromatic N) is 1. The number of carbonyl (C=O) groups excluding carboxylic acids is 3. The molecule has 1 aliphatic rings. The summed E-state index contributed by atoms with van der Waals surface area (Å²) < 4.78 is 0.905. The summed E-state index contributed by atoms with van der Waals surface area (Å²) >= 11 is 9.60. The molecule has 0 saturated carbocycles. The van der Waals surface area contributed by atoms with Crippen molar-refractivity contribution in [2.45, 2.75) is 13.8 Å². The molecule has 0 saturated heterocycles. The summed E-state index contributed by atoms with van der Waals surface area (Å²) in [6.45, 7) is 3.76. The van der Waals surface area contributed by atoms with E-state index in [4.69, 9.17) is 11.6 Å². The minimum atomic E-state index is -0.597. The van der Waals surface area contributed by atoms with Crippen LogP contribution in [0.15, 0.2) is 81.9 Å². The van der Waals surface area contributed by atoms with Gasteiger partial charge in [0.05, 0.1) is 5.69 Å². The topological polar surface area (TPSA) is 78.5 Å². The van der Waals surface area contributed by atoms with Gasteiger partial charge in [-0.15, -0.1) is 0 Å². The molecule has 0 fully saturated rings. The number of hydrogen-bond donors (Lipinski definition) is 2. The van der Waals surface area contributed by atoms with E-state index in [1.54, 1.807) is 42.5 Å². The van der Waals surface area contributed by atoms with Crippen molar-refractivity contribution in [2.75, 3.05) is 15.5 Å². The van der Waals surface area contributed by atoms with Gasteiger partial charge in [-0.3, -0.25) is 14.4 Å². The van der Waals surface area contributed by atoms with E-state index in [1.807, 2.05) is 38.1 Å². The van der Waals surface area contributed by atoms with Crippen molar-refractivity contribution in [1.82, 2.24) is 0 Å². The molecule has 4 rings (SSSR count). The third-order valence-electron chi connectivity index (χ3n) is 5.12. The van der Waals surface area contributed by atoms with E-state index in [1.165, 1.54) is 0 Å². The van der Waals surface area contributed by atoms with Crippen molar-refractivity contribution in [2.24, 2.45) is 0 Å². The van der Waals surface area contributed by atoms with Crippen LogP contribution < -0.4 is 15.5 Å². The number of rotatable bonds is 5. The molecule has 0 unspecified atom stereocenters. The predicted octanol–water partition coefficient (Wildman–Crippen LogP) is 5.75. The van der Waals surface area contributed by atoms with Crippen LogP contribution in [0.3, 0.4) is 0 Å². The number of halogens is 2. The average molecular weight is 525 g/mol. The summed E-state index contributed by atoms with van der Waals surface area (Å²) in [5.74, 6) is -1.46. The summed E-state index contributed by atoms with van der Waals surface area (Å²) in [7, 11) is 0. The molecule has 8 heteroatoms. The molecule has 0 radical (unpaired) electrons. The Morgan fingerprint density at radius 2 is 1.64 bits per heavy atom. The molecule has 0 aliphatic carbocycles. The van der Waals surface area contributed by atoms with Gasteiger partial charge in [0.25, 0.3) is 17.7 Å². The molecular weight excluding hydrogens is 506 g/mol. The van der Waals surface area contributed by atoms with Crippen molar-refractivity contribution >= 4 is 62.3 Å². The second-order valence-corrected chi connectivity index (χ2v) is 8.89. The maximum absolute atomic E-state index is 13.1. The van der Waals surface area contributed by atoms with E-state index in [9.17, 15) is 14.4 Å². The van der Waals surface area contributed by atoms with Gasteiger partial charge < -0.3 is 10.6 Å². The smallest absolute Gasteiger partial charge is 0.283 e. The number of nitrogens with one attached hydrogen (secondary N) is 2. The van der Waals surface area contributed by atoms with Gasteiger partial charge in [0.1, 0.15) is 10.7 Å². The van der Waals surface area contributed by atoms with Crippen LogP contribution in [0.5, 0.6) is 0 Å². The first kappa shape index (κ1) is 22.8. The summed E-state index contributed by atoms with van der Waals surface area (Å²) in [4.78, 5) is 39.5. The van der Waals surface area contributed by atoms with Gasteiger partial charge in [0.15, 0.2) is 0 Å². The van der Waals surface area contributed by atoms with Crippen LogP contribution >= 0.6 is 27.5 Å². The van der Waals surface area contributed by atoms with E-state index >= 15 is 0 Å². The highest BCUT2D eigenvalue weighted by atomic mass is 79.9. The Kier molecular flexibility index (Phi) is 6.35. The molecule has 166 valence electrons. The third kappa shape index (κ3) is 4.69. The molecular formula is C25H19BrClN3O3. The van der Waals surface area contributed by atoms with Crippen molar-refractivity contribution < 1.29 is 14.4 Å². The van der Waals surface area contributed by atoms with Crippen LogP contribution in [-0.4, -0.2) is 17.7 Å². The van der Waals surface area contributed by atoms with E-state index in [2.05, 4.69) is 26.6 Å². The molecule has 1 aliphatic heterocycles. The Bertz CT molecular complexity index is 1320. The van der Waals surface area contributed by atoms with Crippen LogP contribution in [0.4, 0.5) is 17.1 Å². The number of anilines is 3. The van der Waals surface area contributed by atoms with Crippen molar-refractivity contribution in [1.29, 1.82) is 0 Å². The average Bonchev–Trinajstić information content (AvgIpc) is 2.99. The van der Waals surface area contributed by atoms with E-state index in [0.717, 1.165) is 20.5 Å². The fraction of sp³-hybridized carbons (Fsp3) is 0.0800. The van der Waals surface area contributed by atoms with Crippen LogP contribution in [0.2, 0.25) is 0 Å². The summed E-state index contributed by atoms with van der Waals surface area (Å²) in [6, 6.07) is 19.2. The van der Waals surface area contributed by atoms with Crippen LogP contribution in [0, 0.1) is 13.8 Å². The minimum absolute atomic E-state index is 0.0351. The van der Waals surface area contributed by atoms with Crippen molar-refractivity contribution in [3.8, 4) is 0 Å². The number of aryl methyl sites for hydroxylation is 2. The highest BCUT2D eigenvalue weighted by Gasteiger charge is 2.39. The molecule has 0 spiro atoms. The highest BCUT2D eigenvalue weighted by molar-refractivity contribution is 9.10. The number of amides is 3. The van der Waals surface area contributed by atoms with Gasteiger partial charge in [0.2, 0.25) is 0 Å². The predicted molar refractivity (Wildman–Crippen MR) is 133 cm³/mol. The van der Waals surface area contributed by atoms with Crippen molar-refractivity contribution in [3.05, 3.63) is 98.6 Å². The monoisotopic (exact) mass is 523 g/mol. The fourth-order valence-electron chi connectivity index (χ4n) is 3.51. The molecule has 0 aromatic heterocycles. The van der Waals surface area contributed by atoms with Gasteiger partial charge in [-0.25, -0.2) is 4.90 Å². The standard InChI is InChI=1S/C25H19BrClN3O3/c1-14-6-11-20(15(2)12-14)30-24(32)21(27)22(25(30)33)28-19-5-3-4-16(13-19)23(31)29-18-9-7-17(26)8-10-18/h3-13,28H,1-2H3,(H,29,31). The largest absolute Gasteiger partial charge is 0.350 e. The molecule has 3 aromatic rings. The summed E-state index contributed by atoms with van der Waals surface area (Å²) in [5, 5.41) is 5.53. The first-order chi connectivity index (χ1) is 15.7. The van der Waals surface area contributed by atoms with Crippen molar-refractivity contribution in [3.63, 3.8) is 0 Å². The lowest BCUT2D eigenvalue weighted by atomic mass is 10.1. The maximum Gasteiger partial charge on any atom is 0.283 e. The van der Waals surface area contributed by atoms with E-state index in [-0.39, 0.29) is 16.6 Å². The molecule has 0 atom stereocenters. The first-order valence-corrected chi connectivity index (χ1v) is 11.2. The lowest BCUT2D eigenvalue weighted by molar-refractivity contribution is -0.120. The second kappa shape index (κ2) is 9.21. The Morgan fingerprint density at radius 3 is 2.33 bits per heavy atom. The van der Waals surface area contributed by atoms with Gasteiger partial charge in [-0.1, -0.05) is 51.3 Å². The van der Waals surface area contributed by atoms with Gasteiger partial charge >= 0.3 is 0 Å². The zero-order valence-corrected chi connectivity index (χ0v) is 20.1. The molecule has 0 bridgehead atoms. The molecule has 3 amide bonds. The normalized spacial score (nSPS) is 13.5. The lowest BCUT2D eigenvalue weighted by Crippen LogP contribution is -2.32. The summed E-state index contributed by atoms with van der Waals surface area (Å²) in [6.07, 6.45) is 0. The van der Waals surface area contributed by atoms with Crippen LogP contribution in [-0.2, 0) is 9.59 Å². The maximum atomic E-state index is 13.1. The Morgan fingerprint density at radius 1 is 0.909 bits per heavy atom. The highest BCUT2D eigenvalue weighted by Crippen LogP contribution is 2.32. The van der Waals surface area contributed by atoms with Crippen LogP contribution in [0.1, 0.15) is 21.5 Å². The number of benzene rings is 3. The van der Waals surface area contributed by atoms with E-state index in [0.29, 0.717) is 22.6 Å². The fourth-order valence-corrected chi connectivity index (χ4v) is 3.98. The Hall–Kier alpha value is -3.42. The lowest BCUT2D eigenvalue weighted by Gasteiger charge is -2.18. The third-order valence-corrected chi connectivity index (χ3v) is 6.00. The summed E-state index contributed by atoms with van der Waals surface area (Å²) in [5.41, 5.74) is 3.73. The van der Waals surface area contributed by atoms with Crippen LogP contribution in [0.25, 0.3) is 0 Å². The second-order valence-electron chi connectivity index (χ2n) is 7.59. The number of carbonyl (C=O) groups is 3. The quantitative estimate of drug-likeness (QED) is 0.416. The van der Waals surface area contributed by atoms with E-state index < -0.39 is 11.8 Å². The zero-order valence-electron chi connectivity index (χ0n) is 17.8. The molecule has 1 heterocycles. The SMILES string of the molecule is Cc1ccc(N2C(=O)C(Cl)=C(Nc3cccc(C(=O)Nc4ccc(Br)cc4)c3)C2=O)c(C)c1.